The van der Waals surface area contributed by atoms with Gasteiger partial charge in [-0.15, -0.1) is 0 Å². The molecule has 1 fully saturated rings. The summed E-state index contributed by atoms with van der Waals surface area (Å²) in [7, 11) is 0. The minimum atomic E-state index is -4.38. The lowest BCUT2D eigenvalue weighted by atomic mass is 10.1. The number of anilines is 1. The highest BCUT2D eigenvalue weighted by Gasteiger charge is 2.36. The van der Waals surface area contributed by atoms with E-state index in [2.05, 4.69) is 5.32 Å². The minimum absolute atomic E-state index is 0.104. The van der Waals surface area contributed by atoms with Crippen molar-refractivity contribution >= 4 is 17.3 Å². The molecule has 1 unspecified atom stereocenters. The molecule has 0 bridgehead atoms. The maximum absolute atomic E-state index is 12.9. The van der Waals surface area contributed by atoms with Crippen LogP contribution < -0.4 is 5.32 Å². The van der Waals surface area contributed by atoms with Gasteiger partial charge in [0.15, 0.2) is 0 Å². The summed E-state index contributed by atoms with van der Waals surface area (Å²) in [6, 6.07) is 3.99. The standard InChI is InChI=1S/C13H15ClF3N/c1-2-11(8-3-4-8)18-12-6-5-9(14)7-10(12)13(15,16)17/h5-8,11,18H,2-4H2,1H3. The van der Waals surface area contributed by atoms with Crippen molar-refractivity contribution in [2.75, 3.05) is 5.32 Å². The molecule has 0 radical (unpaired) electrons. The summed E-state index contributed by atoms with van der Waals surface area (Å²) in [5.41, 5.74) is -0.556. The molecular weight excluding hydrogens is 263 g/mol. The Morgan fingerprint density at radius 1 is 1.39 bits per heavy atom. The summed E-state index contributed by atoms with van der Waals surface area (Å²) >= 11 is 5.64. The number of alkyl halides is 3. The van der Waals surface area contributed by atoms with Gasteiger partial charge in [0.2, 0.25) is 0 Å². The molecule has 0 saturated heterocycles. The first-order valence-corrected chi connectivity index (χ1v) is 6.43. The van der Waals surface area contributed by atoms with Crippen molar-refractivity contribution in [2.45, 2.75) is 38.4 Å². The number of hydrogen-bond donors (Lipinski definition) is 1. The van der Waals surface area contributed by atoms with Crippen LogP contribution in [0.3, 0.4) is 0 Å². The monoisotopic (exact) mass is 277 g/mol. The first-order chi connectivity index (χ1) is 8.41. The van der Waals surface area contributed by atoms with Gasteiger partial charge in [-0.1, -0.05) is 18.5 Å². The zero-order valence-corrected chi connectivity index (χ0v) is 10.8. The van der Waals surface area contributed by atoms with Gasteiger partial charge in [-0.05, 0) is 43.4 Å². The highest BCUT2D eigenvalue weighted by atomic mass is 35.5. The lowest BCUT2D eigenvalue weighted by Gasteiger charge is -2.21. The maximum Gasteiger partial charge on any atom is 0.418 e. The average molecular weight is 278 g/mol. The van der Waals surface area contributed by atoms with Gasteiger partial charge in [0.25, 0.3) is 0 Å². The Labute approximate surface area is 109 Å². The number of rotatable bonds is 4. The van der Waals surface area contributed by atoms with E-state index < -0.39 is 11.7 Å². The molecule has 0 heterocycles. The molecule has 0 spiro atoms. The van der Waals surface area contributed by atoms with Crippen molar-refractivity contribution in [3.63, 3.8) is 0 Å². The Hall–Kier alpha value is -0.900. The van der Waals surface area contributed by atoms with Gasteiger partial charge in [0, 0.05) is 16.8 Å². The third kappa shape index (κ3) is 3.10. The topological polar surface area (TPSA) is 12.0 Å². The molecule has 100 valence electrons. The molecule has 0 aromatic heterocycles. The second-order valence-corrected chi connectivity index (χ2v) is 5.12. The van der Waals surface area contributed by atoms with Crippen LogP contribution in [0, 0.1) is 5.92 Å². The smallest absolute Gasteiger partial charge is 0.382 e. The lowest BCUT2D eigenvalue weighted by Crippen LogP contribution is -2.23. The van der Waals surface area contributed by atoms with Crippen LogP contribution >= 0.6 is 11.6 Å². The zero-order valence-electron chi connectivity index (χ0n) is 10.0. The molecule has 1 aromatic rings. The number of hydrogen-bond acceptors (Lipinski definition) is 1. The largest absolute Gasteiger partial charge is 0.418 e. The molecule has 0 amide bonds. The van der Waals surface area contributed by atoms with Crippen molar-refractivity contribution < 1.29 is 13.2 Å². The van der Waals surface area contributed by atoms with Crippen LogP contribution in [0.25, 0.3) is 0 Å². The van der Waals surface area contributed by atoms with Crippen LogP contribution in [0.4, 0.5) is 18.9 Å². The van der Waals surface area contributed by atoms with E-state index in [1.165, 1.54) is 12.1 Å². The molecule has 1 atom stereocenters. The first-order valence-electron chi connectivity index (χ1n) is 6.05. The van der Waals surface area contributed by atoms with Gasteiger partial charge in [0.1, 0.15) is 0 Å². The van der Waals surface area contributed by atoms with Crippen molar-refractivity contribution in [3.8, 4) is 0 Å². The van der Waals surface area contributed by atoms with Crippen molar-refractivity contribution in [2.24, 2.45) is 5.92 Å². The van der Waals surface area contributed by atoms with Gasteiger partial charge < -0.3 is 5.32 Å². The van der Waals surface area contributed by atoms with Gasteiger partial charge >= 0.3 is 6.18 Å². The molecule has 1 aliphatic carbocycles. The fourth-order valence-electron chi connectivity index (χ4n) is 2.13. The summed E-state index contributed by atoms with van der Waals surface area (Å²) in [5.74, 6) is 0.506. The van der Waals surface area contributed by atoms with Crippen molar-refractivity contribution in [1.29, 1.82) is 0 Å². The highest BCUT2D eigenvalue weighted by molar-refractivity contribution is 6.30. The summed E-state index contributed by atoms with van der Waals surface area (Å²) < 4.78 is 38.7. The van der Waals surface area contributed by atoms with E-state index in [0.29, 0.717) is 5.92 Å². The molecule has 2 rings (SSSR count). The molecular formula is C13H15ClF3N. The Morgan fingerprint density at radius 3 is 2.56 bits per heavy atom. The minimum Gasteiger partial charge on any atom is -0.382 e. The van der Waals surface area contributed by atoms with Crippen LogP contribution in [0.2, 0.25) is 5.02 Å². The second kappa shape index (κ2) is 5.00. The normalized spacial score (nSPS) is 17.6. The van der Waals surface area contributed by atoms with Crippen LogP contribution in [-0.4, -0.2) is 6.04 Å². The average Bonchev–Trinajstić information content (AvgIpc) is 3.10. The van der Waals surface area contributed by atoms with Crippen LogP contribution in [0.5, 0.6) is 0 Å². The highest BCUT2D eigenvalue weighted by Crippen LogP contribution is 2.40. The Bertz CT molecular complexity index is 427. The van der Waals surface area contributed by atoms with Gasteiger partial charge in [0.05, 0.1) is 5.56 Å². The van der Waals surface area contributed by atoms with E-state index in [9.17, 15) is 13.2 Å². The van der Waals surface area contributed by atoms with E-state index in [-0.39, 0.29) is 16.8 Å². The van der Waals surface area contributed by atoms with Crippen LogP contribution in [-0.2, 0) is 6.18 Å². The Balaban J connectivity index is 2.26. The zero-order chi connectivity index (χ0) is 13.3. The third-order valence-electron chi connectivity index (χ3n) is 3.26. The molecule has 18 heavy (non-hydrogen) atoms. The van der Waals surface area contributed by atoms with E-state index in [4.69, 9.17) is 11.6 Å². The number of benzene rings is 1. The van der Waals surface area contributed by atoms with Crippen molar-refractivity contribution in [1.82, 2.24) is 0 Å². The van der Waals surface area contributed by atoms with Crippen LogP contribution in [0.15, 0.2) is 18.2 Å². The van der Waals surface area contributed by atoms with Gasteiger partial charge in [-0.3, -0.25) is 0 Å². The third-order valence-corrected chi connectivity index (χ3v) is 3.49. The van der Waals surface area contributed by atoms with Gasteiger partial charge in [-0.2, -0.15) is 13.2 Å². The molecule has 1 N–H and O–H groups in total. The fourth-order valence-corrected chi connectivity index (χ4v) is 2.30. The molecule has 1 aromatic carbocycles. The quantitative estimate of drug-likeness (QED) is 0.820. The Morgan fingerprint density at radius 2 is 2.06 bits per heavy atom. The molecule has 0 aliphatic heterocycles. The molecule has 5 heteroatoms. The Kier molecular flexibility index (Phi) is 3.76. The van der Waals surface area contributed by atoms with E-state index >= 15 is 0 Å². The second-order valence-electron chi connectivity index (χ2n) is 4.68. The van der Waals surface area contributed by atoms with Crippen LogP contribution in [0.1, 0.15) is 31.7 Å². The van der Waals surface area contributed by atoms with Crippen molar-refractivity contribution in [3.05, 3.63) is 28.8 Å². The maximum atomic E-state index is 12.9. The summed E-state index contributed by atoms with van der Waals surface area (Å²) in [5, 5.41) is 3.12. The predicted molar refractivity (Wildman–Crippen MR) is 66.9 cm³/mol. The first kappa shape index (κ1) is 13.5. The van der Waals surface area contributed by atoms with Gasteiger partial charge in [-0.25, -0.2) is 0 Å². The van der Waals surface area contributed by atoms with E-state index in [0.717, 1.165) is 25.3 Å². The molecule has 1 saturated carbocycles. The number of nitrogens with one attached hydrogen (secondary N) is 1. The lowest BCUT2D eigenvalue weighted by molar-refractivity contribution is -0.137. The predicted octanol–water partition coefficient (Wildman–Crippen LogP) is 4.96. The molecule has 1 aliphatic rings. The summed E-state index contributed by atoms with van der Waals surface area (Å²) in [6.07, 6.45) is -1.36. The SMILES string of the molecule is CCC(Nc1ccc(Cl)cc1C(F)(F)F)C1CC1. The fraction of sp³-hybridized carbons (Fsp3) is 0.538. The summed E-state index contributed by atoms with van der Waals surface area (Å²) in [6.45, 7) is 1.99. The summed E-state index contributed by atoms with van der Waals surface area (Å²) in [4.78, 5) is 0. The molecule has 1 nitrogen and oxygen atoms in total. The number of halogens is 4. The van der Waals surface area contributed by atoms with E-state index in [1.807, 2.05) is 6.92 Å². The van der Waals surface area contributed by atoms with E-state index in [1.54, 1.807) is 0 Å².